The van der Waals surface area contributed by atoms with Crippen LogP contribution in [0.3, 0.4) is 0 Å². The van der Waals surface area contributed by atoms with Gasteiger partial charge in [0.25, 0.3) is 0 Å². The maximum Gasteiger partial charge on any atom is 0.223 e. The molecule has 1 amide bonds. The second kappa shape index (κ2) is 8.63. The third kappa shape index (κ3) is 4.74. The van der Waals surface area contributed by atoms with Gasteiger partial charge in [0, 0.05) is 32.7 Å². The van der Waals surface area contributed by atoms with E-state index in [1.54, 1.807) is 7.11 Å². The highest BCUT2D eigenvalue weighted by atomic mass is 16.5. The van der Waals surface area contributed by atoms with Crippen LogP contribution in [0.1, 0.15) is 44.9 Å². The van der Waals surface area contributed by atoms with Gasteiger partial charge in [-0.1, -0.05) is 25.7 Å². The van der Waals surface area contributed by atoms with E-state index < -0.39 is 0 Å². The molecule has 0 bridgehead atoms. The van der Waals surface area contributed by atoms with Crippen molar-refractivity contribution in [2.24, 2.45) is 17.8 Å². The summed E-state index contributed by atoms with van der Waals surface area (Å²) >= 11 is 0. The number of nitrogens with one attached hydrogen (secondary N) is 2. The van der Waals surface area contributed by atoms with Crippen LogP contribution in [-0.4, -0.2) is 39.3 Å². The molecule has 3 unspecified atom stereocenters. The van der Waals surface area contributed by atoms with E-state index in [0.717, 1.165) is 50.9 Å². The summed E-state index contributed by atoms with van der Waals surface area (Å²) in [7, 11) is 1.70. The average Bonchev–Trinajstić information content (AvgIpc) is 2.50. The summed E-state index contributed by atoms with van der Waals surface area (Å²) < 4.78 is 4.97. The molecule has 0 aromatic rings. The van der Waals surface area contributed by atoms with Crippen molar-refractivity contribution < 1.29 is 9.53 Å². The zero-order chi connectivity index (χ0) is 14.2. The minimum atomic E-state index is 0.272. The molecule has 2 aliphatic rings. The van der Waals surface area contributed by atoms with E-state index in [1.807, 2.05) is 0 Å². The lowest BCUT2D eigenvalue weighted by Crippen LogP contribution is -2.40. The van der Waals surface area contributed by atoms with Crippen molar-refractivity contribution in [3.63, 3.8) is 0 Å². The standard InChI is InChI=1S/C16H30N2O2/c1-20-11-10-17-8-9-18-16(19)15-7-6-13-4-2-3-5-14(13)12-15/h13-15,17H,2-12H2,1H3,(H,18,19). The lowest BCUT2D eigenvalue weighted by atomic mass is 9.67. The summed E-state index contributed by atoms with van der Waals surface area (Å²) in [5, 5.41) is 6.33. The number of hydrogen-bond donors (Lipinski definition) is 2. The highest BCUT2D eigenvalue weighted by Gasteiger charge is 2.34. The van der Waals surface area contributed by atoms with E-state index in [1.165, 1.54) is 32.1 Å². The summed E-state index contributed by atoms with van der Waals surface area (Å²) in [5.74, 6) is 2.30. The molecule has 20 heavy (non-hydrogen) atoms. The Hall–Kier alpha value is -0.610. The van der Waals surface area contributed by atoms with Gasteiger partial charge in [-0.15, -0.1) is 0 Å². The number of rotatable bonds is 7. The third-order valence-electron chi connectivity index (χ3n) is 4.99. The van der Waals surface area contributed by atoms with Crippen LogP contribution in [0.4, 0.5) is 0 Å². The minimum Gasteiger partial charge on any atom is -0.383 e. The van der Waals surface area contributed by atoms with E-state index in [9.17, 15) is 4.79 Å². The number of methoxy groups -OCH3 is 1. The number of carbonyl (C=O) groups excluding carboxylic acids is 1. The van der Waals surface area contributed by atoms with Gasteiger partial charge in [-0.2, -0.15) is 0 Å². The zero-order valence-corrected chi connectivity index (χ0v) is 12.8. The van der Waals surface area contributed by atoms with Crippen LogP contribution in [0.5, 0.6) is 0 Å². The molecule has 0 heterocycles. The molecule has 2 aliphatic carbocycles. The Morgan fingerprint density at radius 1 is 1.05 bits per heavy atom. The van der Waals surface area contributed by atoms with Gasteiger partial charge in [-0.05, 0) is 31.1 Å². The van der Waals surface area contributed by atoms with Crippen molar-refractivity contribution in [1.29, 1.82) is 0 Å². The van der Waals surface area contributed by atoms with Gasteiger partial charge >= 0.3 is 0 Å². The van der Waals surface area contributed by atoms with Gasteiger partial charge in [-0.25, -0.2) is 0 Å². The molecule has 2 N–H and O–H groups in total. The van der Waals surface area contributed by atoms with E-state index in [2.05, 4.69) is 10.6 Å². The van der Waals surface area contributed by atoms with Crippen LogP contribution in [0.2, 0.25) is 0 Å². The highest BCUT2D eigenvalue weighted by molar-refractivity contribution is 5.78. The molecule has 0 radical (unpaired) electrons. The van der Waals surface area contributed by atoms with Gasteiger partial charge < -0.3 is 15.4 Å². The second-order valence-electron chi connectivity index (χ2n) is 6.35. The number of amides is 1. The van der Waals surface area contributed by atoms with E-state index >= 15 is 0 Å². The van der Waals surface area contributed by atoms with Crippen LogP contribution in [0.15, 0.2) is 0 Å². The summed E-state index contributed by atoms with van der Waals surface area (Å²) in [6.07, 6.45) is 9.05. The summed E-state index contributed by atoms with van der Waals surface area (Å²) in [5.41, 5.74) is 0. The number of ether oxygens (including phenoxy) is 1. The van der Waals surface area contributed by atoms with Crippen molar-refractivity contribution in [2.45, 2.75) is 44.9 Å². The Labute approximate surface area is 123 Å². The first-order chi connectivity index (χ1) is 9.81. The number of carbonyl (C=O) groups is 1. The molecule has 0 saturated heterocycles. The van der Waals surface area contributed by atoms with Crippen molar-refractivity contribution in [3.05, 3.63) is 0 Å². The quantitative estimate of drug-likeness (QED) is 0.702. The predicted octanol–water partition coefficient (Wildman–Crippen LogP) is 1.95. The Morgan fingerprint density at radius 2 is 1.85 bits per heavy atom. The summed E-state index contributed by atoms with van der Waals surface area (Å²) in [6, 6.07) is 0. The summed E-state index contributed by atoms with van der Waals surface area (Å²) in [6.45, 7) is 3.13. The molecule has 2 saturated carbocycles. The highest BCUT2D eigenvalue weighted by Crippen LogP contribution is 2.42. The van der Waals surface area contributed by atoms with Crippen LogP contribution >= 0.6 is 0 Å². The molecule has 0 aromatic carbocycles. The second-order valence-corrected chi connectivity index (χ2v) is 6.35. The Kier molecular flexibility index (Phi) is 6.80. The molecule has 0 aromatic heterocycles. The summed E-state index contributed by atoms with van der Waals surface area (Å²) in [4.78, 5) is 12.2. The van der Waals surface area contributed by atoms with Gasteiger partial charge in [0.1, 0.15) is 0 Å². The first-order valence-corrected chi connectivity index (χ1v) is 8.28. The number of hydrogen-bond acceptors (Lipinski definition) is 3. The smallest absolute Gasteiger partial charge is 0.223 e. The molecule has 2 rings (SSSR count). The molecule has 2 fully saturated rings. The Bertz CT molecular complexity index is 296. The normalized spacial score (nSPS) is 29.8. The molecule has 4 nitrogen and oxygen atoms in total. The van der Waals surface area contributed by atoms with Gasteiger partial charge in [-0.3, -0.25) is 4.79 Å². The molecule has 0 aliphatic heterocycles. The van der Waals surface area contributed by atoms with Crippen molar-refractivity contribution in [3.8, 4) is 0 Å². The SMILES string of the molecule is COCCNCCNC(=O)C1CCC2CCCCC2C1. The van der Waals surface area contributed by atoms with Gasteiger partial charge in [0.15, 0.2) is 0 Å². The zero-order valence-electron chi connectivity index (χ0n) is 12.8. The Balaban J connectivity index is 1.60. The average molecular weight is 282 g/mol. The van der Waals surface area contributed by atoms with Gasteiger partial charge in [0.05, 0.1) is 6.61 Å². The maximum absolute atomic E-state index is 12.2. The van der Waals surface area contributed by atoms with E-state index in [0.29, 0.717) is 0 Å². The van der Waals surface area contributed by atoms with Crippen LogP contribution in [0.25, 0.3) is 0 Å². The fourth-order valence-electron chi connectivity index (χ4n) is 3.83. The molecule has 4 heteroatoms. The number of fused-ring (bicyclic) bond motifs is 1. The minimum absolute atomic E-state index is 0.272. The topological polar surface area (TPSA) is 50.4 Å². The fraction of sp³-hybridized carbons (Fsp3) is 0.938. The van der Waals surface area contributed by atoms with E-state index in [-0.39, 0.29) is 11.8 Å². The van der Waals surface area contributed by atoms with Crippen molar-refractivity contribution >= 4 is 5.91 Å². The first-order valence-electron chi connectivity index (χ1n) is 8.28. The molecule has 0 spiro atoms. The Morgan fingerprint density at radius 3 is 2.65 bits per heavy atom. The maximum atomic E-state index is 12.2. The largest absolute Gasteiger partial charge is 0.383 e. The monoisotopic (exact) mass is 282 g/mol. The third-order valence-corrected chi connectivity index (χ3v) is 4.99. The molecular weight excluding hydrogens is 252 g/mol. The predicted molar refractivity (Wildman–Crippen MR) is 80.5 cm³/mol. The van der Waals surface area contributed by atoms with Crippen LogP contribution in [-0.2, 0) is 9.53 Å². The molecule has 116 valence electrons. The fourth-order valence-corrected chi connectivity index (χ4v) is 3.83. The van der Waals surface area contributed by atoms with Crippen LogP contribution in [0, 0.1) is 17.8 Å². The lowest BCUT2D eigenvalue weighted by molar-refractivity contribution is -0.127. The van der Waals surface area contributed by atoms with Crippen molar-refractivity contribution in [2.75, 3.05) is 33.4 Å². The molecular formula is C16H30N2O2. The van der Waals surface area contributed by atoms with Crippen molar-refractivity contribution in [1.82, 2.24) is 10.6 Å². The first kappa shape index (κ1) is 15.8. The van der Waals surface area contributed by atoms with Crippen LogP contribution < -0.4 is 10.6 Å². The van der Waals surface area contributed by atoms with E-state index in [4.69, 9.17) is 4.74 Å². The molecule has 3 atom stereocenters. The van der Waals surface area contributed by atoms with Gasteiger partial charge in [0.2, 0.25) is 5.91 Å². The lowest BCUT2D eigenvalue weighted by Gasteiger charge is -2.38.